The van der Waals surface area contributed by atoms with Gasteiger partial charge in [0.25, 0.3) is 0 Å². The van der Waals surface area contributed by atoms with E-state index in [0.29, 0.717) is 0 Å². The minimum atomic E-state index is -0.409. The molecule has 8 aromatic carbocycles. The second kappa shape index (κ2) is 10.2. The second-order valence-electron chi connectivity index (χ2n) is 14.2. The van der Waals surface area contributed by atoms with Gasteiger partial charge in [-0.05, 0) is 73.5 Å². The van der Waals surface area contributed by atoms with E-state index in [4.69, 9.17) is 4.99 Å². The van der Waals surface area contributed by atoms with E-state index >= 15 is 0 Å². The van der Waals surface area contributed by atoms with E-state index in [1.54, 1.807) is 0 Å². The summed E-state index contributed by atoms with van der Waals surface area (Å²) in [6.45, 7) is 0. The highest BCUT2D eigenvalue weighted by atomic mass is 15.3. The number of hydrogen-bond acceptors (Lipinski definition) is 2. The van der Waals surface area contributed by atoms with E-state index in [9.17, 15) is 0 Å². The molecule has 9 aromatic rings. The van der Waals surface area contributed by atoms with Crippen LogP contribution in [-0.2, 0) is 5.41 Å². The zero-order valence-electron chi connectivity index (χ0n) is 28.2. The maximum atomic E-state index is 5.48. The Labute approximate surface area is 301 Å². The predicted molar refractivity (Wildman–Crippen MR) is 214 cm³/mol. The summed E-state index contributed by atoms with van der Waals surface area (Å²) in [7, 11) is 0. The van der Waals surface area contributed by atoms with Gasteiger partial charge in [0.15, 0.2) is 0 Å². The predicted octanol–water partition coefficient (Wildman–Crippen LogP) is 11.7. The van der Waals surface area contributed by atoms with Crippen LogP contribution in [0.15, 0.2) is 181 Å². The molecular weight excluding hydrogens is 631 g/mol. The highest BCUT2D eigenvalue weighted by Crippen LogP contribution is 2.64. The molecule has 0 fully saturated rings. The average Bonchev–Trinajstić information content (AvgIpc) is 3.83. The molecule has 242 valence electrons. The number of anilines is 1. The van der Waals surface area contributed by atoms with Gasteiger partial charge in [-0.25, -0.2) is 4.99 Å². The smallest absolute Gasteiger partial charge is 0.201 e. The van der Waals surface area contributed by atoms with Crippen LogP contribution in [0.4, 0.5) is 5.69 Å². The maximum absolute atomic E-state index is 5.48. The van der Waals surface area contributed by atoms with Gasteiger partial charge in [0.2, 0.25) is 6.29 Å². The lowest BCUT2D eigenvalue weighted by molar-refractivity contribution is 0.624. The van der Waals surface area contributed by atoms with Crippen LogP contribution in [0.2, 0.25) is 0 Å². The van der Waals surface area contributed by atoms with E-state index in [-0.39, 0.29) is 6.29 Å². The molecule has 3 aliphatic rings. The molecule has 3 heteroatoms. The Bertz CT molecular complexity index is 2940. The van der Waals surface area contributed by atoms with E-state index in [0.717, 1.165) is 28.0 Å². The summed E-state index contributed by atoms with van der Waals surface area (Å²) in [6, 6.07) is 64.6. The third-order valence-corrected chi connectivity index (χ3v) is 11.8. The second-order valence-corrected chi connectivity index (χ2v) is 14.2. The molecule has 0 amide bonds. The van der Waals surface area contributed by atoms with Gasteiger partial charge in [-0.15, -0.1) is 0 Å². The lowest BCUT2D eigenvalue weighted by atomic mass is 9.69. The van der Waals surface area contributed by atoms with Crippen molar-refractivity contribution in [2.45, 2.75) is 11.7 Å². The third kappa shape index (κ3) is 3.43. The third-order valence-electron chi connectivity index (χ3n) is 11.8. The summed E-state index contributed by atoms with van der Waals surface area (Å²) >= 11 is 0. The van der Waals surface area contributed by atoms with Crippen molar-refractivity contribution in [2.75, 3.05) is 5.32 Å². The van der Waals surface area contributed by atoms with Crippen molar-refractivity contribution in [2.24, 2.45) is 4.99 Å². The zero-order chi connectivity index (χ0) is 34.0. The van der Waals surface area contributed by atoms with Crippen molar-refractivity contribution < 1.29 is 0 Å². The molecule has 12 rings (SSSR count). The van der Waals surface area contributed by atoms with Crippen LogP contribution in [0.25, 0.3) is 54.8 Å². The number of rotatable bonds is 2. The van der Waals surface area contributed by atoms with Gasteiger partial charge in [-0.1, -0.05) is 158 Å². The molecule has 1 aliphatic heterocycles. The first-order valence-corrected chi connectivity index (χ1v) is 18.1. The molecule has 0 saturated heterocycles. The first-order valence-electron chi connectivity index (χ1n) is 18.1. The van der Waals surface area contributed by atoms with E-state index in [1.165, 1.54) is 71.6 Å². The highest BCUT2D eigenvalue weighted by Gasteiger charge is 2.52. The number of aliphatic imine (C=N–C) groups is 1. The average molecular weight is 662 g/mol. The molecule has 1 spiro atoms. The Morgan fingerprint density at radius 3 is 1.75 bits per heavy atom. The summed E-state index contributed by atoms with van der Waals surface area (Å²) in [5, 5.41) is 8.88. The van der Waals surface area contributed by atoms with Gasteiger partial charge in [-0.3, -0.25) is 0 Å². The monoisotopic (exact) mass is 661 g/mol. The van der Waals surface area contributed by atoms with Crippen LogP contribution >= 0.6 is 0 Å². The van der Waals surface area contributed by atoms with Gasteiger partial charge >= 0.3 is 0 Å². The zero-order valence-corrected chi connectivity index (χ0v) is 28.2. The fourth-order valence-corrected chi connectivity index (χ4v) is 9.90. The van der Waals surface area contributed by atoms with Crippen LogP contribution in [0.5, 0.6) is 0 Å². The largest absolute Gasteiger partial charge is 0.346 e. The fourth-order valence-electron chi connectivity index (χ4n) is 9.90. The molecule has 0 saturated carbocycles. The van der Waals surface area contributed by atoms with Crippen LogP contribution in [0.1, 0.15) is 39.7 Å². The number of fused-ring (bicyclic) bond motifs is 17. The van der Waals surface area contributed by atoms with Crippen LogP contribution in [-0.4, -0.2) is 10.3 Å². The van der Waals surface area contributed by atoms with E-state index in [1.807, 2.05) is 0 Å². The number of hydrogen-bond donors (Lipinski definition) is 1. The Balaban J connectivity index is 1.18. The first kappa shape index (κ1) is 28.0. The molecule has 1 unspecified atom stereocenters. The van der Waals surface area contributed by atoms with Gasteiger partial charge in [0.05, 0.1) is 22.2 Å². The van der Waals surface area contributed by atoms with Crippen molar-refractivity contribution in [3.8, 4) is 22.3 Å². The molecule has 0 bridgehead atoms. The summed E-state index contributed by atoms with van der Waals surface area (Å²) < 4.78 is 2.40. The summed E-state index contributed by atoms with van der Waals surface area (Å²) in [4.78, 5) is 5.48. The molecule has 52 heavy (non-hydrogen) atoms. The minimum Gasteiger partial charge on any atom is -0.346 e. The Kier molecular flexibility index (Phi) is 5.49. The maximum Gasteiger partial charge on any atom is 0.201 e. The number of aromatic nitrogens is 1. The summed E-state index contributed by atoms with van der Waals surface area (Å²) in [6.07, 6.45) is -0.330. The Hall–Kier alpha value is -6.71. The fraction of sp³-hybridized carbons (Fsp3) is 0.0408. The first-order chi connectivity index (χ1) is 25.8. The number of nitrogens with one attached hydrogen (secondary N) is 1. The lowest BCUT2D eigenvalue weighted by Crippen LogP contribution is -2.26. The van der Waals surface area contributed by atoms with E-state index in [2.05, 4.69) is 186 Å². The van der Waals surface area contributed by atoms with Crippen molar-refractivity contribution in [1.82, 2.24) is 4.57 Å². The standard InChI is InChI=1S/C49H31N3/c1-2-14-30(15-3-1)47-37-19-7-12-24-42(37)50-48(51-47)52-43-25-13-8-20-38(43)45-34-26-27-35-33-18-6-11-23-41(33)49(46(35)36(34)28-29-44(45)52)39-21-9-4-16-31(39)32-17-5-10-22-40(32)49/h1-29,48,50H. The molecule has 1 atom stereocenters. The SMILES string of the molecule is c1ccc(C2=NC(n3c4ccccc4c4c5ccc6c(c5ccc43)C3(c4ccccc4-c4ccccc43)c3ccccc3-6)Nc3ccccc32)cc1. The molecule has 3 nitrogen and oxygen atoms in total. The van der Waals surface area contributed by atoms with Gasteiger partial charge < -0.3 is 9.88 Å². The van der Waals surface area contributed by atoms with Crippen LogP contribution < -0.4 is 5.32 Å². The number of nitrogens with zero attached hydrogens (tertiary/aromatic N) is 2. The van der Waals surface area contributed by atoms with Gasteiger partial charge in [-0.2, -0.15) is 0 Å². The minimum absolute atomic E-state index is 0.330. The normalized spacial score (nSPS) is 15.9. The van der Waals surface area contributed by atoms with Crippen molar-refractivity contribution >= 4 is 44.0 Å². The highest BCUT2D eigenvalue weighted by molar-refractivity contribution is 6.23. The quantitative estimate of drug-likeness (QED) is 0.196. The lowest BCUT2D eigenvalue weighted by Gasteiger charge is -2.31. The summed E-state index contributed by atoms with van der Waals surface area (Å²) in [5.74, 6) is 0. The molecule has 1 N–H and O–H groups in total. The number of para-hydroxylation sites is 2. The summed E-state index contributed by atoms with van der Waals surface area (Å²) in [5.41, 5.74) is 17.0. The van der Waals surface area contributed by atoms with Gasteiger partial charge in [0.1, 0.15) is 0 Å². The Morgan fingerprint density at radius 2 is 1.02 bits per heavy atom. The molecule has 2 aliphatic carbocycles. The molecule has 1 aromatic heterocycles. The van der Waals surface area contributed by atoms with Crippen LogP contribution in [0.3, 0.4) is 0 Å². The molecule has 2 heterocycles. The van der Waals surface area contributed by atoms with Crippen molar-refractivity contribution in [1.29, 1.82) is 0 Å². The van der Waals surface area contributed by atoms with Crippen molar-refractivity contribution in [3.63, 3.8) is 0 Å². The van der Waals surface area contributed by atoms with Crippen LogP contribution in [0, 0.1) is 0 Å². The van der Waals surface area contributed by atoms with Crippen molar-refractivity contribution in [3.05, 3.63) is 209 Å². The van der Waals surface area contributed by atoms with Gasteiger partial charge in [0, 0.05) is 27.6 Å². The van der Waals surface area contributed by atoms with E-state index < -0.39 is 5.41 Å². The Morgan fingerprint density at radius 1 is 0.442 bits per heavy atom. The molecule has 0 radical (unpaired) electrons. The molecular formula is C49H31N3. The number of benzene rings is 8. The topological polar surface area (TPSA) is 29.3 Å².